The molecule has 0 aromatic carbocycles. The van der Waals surface area contributed by atoms with E-state index in [2.05, 4.69) is 36.3 Å². The standard InChI is InChI=1S/C22H37O2P/c1-4-15-6-8-18-17-7-5-16-13-20(2,23)11-12-22(16,14-24-25)19(17)9-10-21(15,18)3/h4,16-19,23H,5-14,25H2,1-3H3/t16-,17-,18-,19-,20+,21+,22+/m0/s1. The van der Waals surface area contributed by atoms with Gasteiger partial charge in [0.1, 0.15) is 0 Å². The molecule has 25 heavy (non-hydrogen) atoms. The second kappa shape index (κ2) is 6.32. The molecule has 0 amide bonds. The molecule has 4 aliphatic rings. The molecule has 0 spiro atoms. The van der Waals surface area contributed by atoms with Gasteiger partial charge in [0.25, 0.3) is 0 Å². The Hall–Kier alpha value is 0.0900. The molecule has 4 fully saturated rings. The second-order valence-corrected chi connectivity index (χ2v) is 10.5. The summed E-state index contributed by atoms with van der Waals surface area (Å²) >= 11 is 0. The average molecular weight is 365 g/mol. The molecule has 1 N–H and O–H groups in total. The van der Waals surface area contributed by atoms with Crippen LogP contribution in [0.5, 0.6) is 0 Å². The summed E-state index contributed by atoms with van der Waals surface area (Å²) in [7, 11) is 2.52. The molecule has 142 valence electrons. The van der Waals surface area contributed by atoms with Crippen LogP contribution in [-0.4, -0.2) is 17.3 Å². The van der Waals surface area contributed by atoms with Gasteiger partial charge in [-0.15, -0.1) is 0 Å². The van der Waals surface area contributed by atoms with Crippen molar-refractivity contribution < 1.29 is 9.63 Å². The Morgan fingerprint density at radius 1 is 1.12 bits per heavy atom. The first-order chi connectivity index (χ1) is 11.9. The van der Waals surface area contributed by atoms with E-state index in [1.807, 2.05) is 0 Å². The summed E-state index contributed by atoms with van der Waals surface area (Å²) in [5.41, 5.74) is 2.05. The van der Waals surface area contributed by atoms with Crippen LogP contribution < -0.4 is 0 Å². The zero-order valence-electron chi connectivity index (χ0n) is 16.4. The van der Waals surface area contributed by atoms with Crippen LogP contribution in [0.1, 0.15) is 78.6 Å². The van der Waals surface area contributed by atoms with Crippen molar-refractivity contribution in [1.82, 2.24) is 0 Å². The van der Waals surface area contributed by atoms with Gasteiger partial charge in [0.2, 0.25) is 0 Å². The monoisotopic (exact) mass is 364 g/mol. The van der Waals surface area contributed by atoms with E-state index in [4.69, 9.17) is 4.52 Å². The lowest BCUT2D eigenvalue weighted by Crippen LogP contribution is -2.57. The largest absolute Gasteiger partial charge is 0.390 e. The van der Waals surface area contributed by atoms with E-state index in [0.717, 1.165) is 43.6 Å². The minimum absolute atomic E-state index is 0.312. The Morgan fingerprint density at radius 2 is 1.92 bits per heavy atom. The van der Waals surface area contributed by atoms with E-state index in [1.165, 1.54) is 38.5 Å². The predicted octanol–water partition coefficient (Wildman–Crippen LogP) is 5.51. The van der Waals surface area contributed by atoms with Crippen LogP contribution in [0.3, 0.4) is 0 Å². The number of hydrogen-bond donors (Lipinski definition) is 1. The Labute approximate surface area is 156 Å². The summed E-state index contributed by atoms with van der Waals surface area (Å²) in [4.78, 5) is 0. The van der Waals surface area contributed by atoms with E-state index >= 15 is 0 Å². The number of rotatable bonds is 2. The molecule has 0 bridgehead atoms. The highest BCUT2D eigenvalue weighted by Crippen LogP contribution is 2.68. The van der Waals surface area contributed by atoms with Crippen molar-refractivity contribution >= 4 is 9.47 Å². The summed E-state index contributed by atoms with van der Waals surface area (Å²) in [5, 5.41) is 10.7. The van der Waals surface area contributed by atoms with Crippen LogP contribution in [0, 0.1) is 34.5 Å². The molecule has 4 rings (SSSR count). The van der Waals surface area contributed by atoms with Crippen molar-refractivity contribution in [1.29, 1.82) is 0 Å². The topological polar surface area (TPSA) is 29.5 Å². The Morgan fingerprint density at radius 3 is 2.64 bits per heavy atom. The first-order valence-electron chi connectivity index (χ1n) is 10.6. The zero-order chi connectivity index (χ0) is 17.9. The third kappa shape index (κ3) is 2.69. The van der Waals surface area contributed by atoms with Gasteiger partial charge < -0.3 is 9.63 Å². The van der Waals surface area contributed by atoms with E-state index in [1.54, 1.807) is 5.57 Å². The van der Waals surface area contributed by atoms with E-state index < -0.39 is 5.60 Å². The zero-order valence-corrected chi connectivity index (χ0v) is 17.5. The van der Waals surface area contributed by atoms with Gasteiger partial charge in [-0.05, 0) is 101 Å². The molecule has 8 atom stereocenters. The van der Waals surface area contributed by atoms with Crippen molar-refractivity contribution in [2.45, 2.75) is 84.2 Å². The van der Waals surface area contributed by atoms with Gasteiger partial charge in [-0.25, -0.2) is 0 Å². The highest BCUT2D eigenvalue weighted by atomic mass is 31.0. The van der Waals surface area contributed by atoms with Crippen molar-refractivity contribution in [2.75, 3.05) is 6.61 Å². The molecule has 0 aromatic rings. The molecule has 0 heterocycles. The van der Waals surface area contributed by atoms with Gasteiger partial charge >= 0.3 is 0 Å². The van der Waals surface area contributed by atoms with Gasteiger partial charge in [-0.3, -0.25) is 0 Å². The van der Waals surface area contributed by atoms with E-state index in [0.29, 0.717) is 16.7 Å². The lowest BCUT2D eigenvalue weighted by Gasteiger charge is -2.62. The van der Waals surface area contributed by atoms with Gasteiger partial charge in [-0.1, -0.05) is 18.6 Å². The van der Waals surface area contributed by atoms with E-state index in [-0.39, 0.29) is 0 Å². The van der Waals surface area contributed by atoms with Gasteiger partial charge in [0.05, 0.1) is 12.2 Å². The maximum atomic E-state index is 10.7. The van der Waals surface area contributed by atoms with Gasteiger partial charge in [0, 0.05) is 14.9 Å². The smallest absolute Gasteiger partial charge is 0.0622 e. The summed E-state index contributed by atoms with van der Waals surface area (Å²) < 4.78 is 5.76. The normalized spacial score (nSPS) is 54.0. The lowest BCUT2D eigenvalue weighted by atomic mass is 9.44. The van der Waals surface area contributed by atoms with Crippen LogP contribution in [0.2, 0.25) is 0 Å². The van der Waals surface area contributed by atoms with Crippen molar-refractivity contribution in [3.8, 4) is 0 Å². The second-order valence-electron chi connectivity index (χ2n) is 10.2. The average Bonchev–Trinajstić information content (AvgIpc) is 2.91. The number of fused-ring (bicyclic) bond motifs is 5. The fourth-order valence-corrected chi connectivity index (χ4v) is 8.30. The van der Waals surface area contributed by atoms with E-state index in [9.17, 15) is 5.11 Å². The van der Waals surface area contributed by atoms with Crippen LogP contribution >= 0.6 is 9.47 Å². The van der Waals surface area contributed by atoms with Crippen molar-refractivity contribution in [3.63, 3.8) is 0 Å². The number of aliphatic hydroxyl groups is 1. The summed E-state index contributed by atoms with van der Waals surface area (Å²) in [6.45, 7) is 7.74. The molecule has 0 aliphatic heterocycles. The molecule has 1 unspecified atom stereocenters. The molecule has 4 aliphatic carbocycles. The third-order valence-corrected chi connectivity index (χ3v) is 9.37. The summed E-state index contributed by atoms with van der Waals surface area (Å²) in [6, 6.07) is 0. The van der Waals surface area contributed by atoms with Crippen LogP contribution in [0.4, 0.5) is 0 Å². The molecule has 3 heteroatoms. The summed E-state index contributed by atoms with van der Waals surface area (Å²) in [5.74, 6) is 3.19. The molecule has 0 saturated heterocycles. The SMILES string of the molecule is CC=C1CC[C@H]2[C@@H]3CC[C@H]4C[C@](C)(O)CC[C@]4(COP)[C@H]3CC[C@]12C. The minimum atomic E-state index is -0.462. The quantitative estimate of drug-likeness (QED) is 0.517. The summed E-state index contributed by atoms with van der Waals surface area (Å²) in [6.07, 6.45) is 13.6. The minimum Gasteiger partial charge on any atom is -0.390 e. The number of hydrogen-bond acceptors (Lipinski definition) is 2. The van der Waals surface area contributed by atoms with Gasteiger partial charge in [0.15, 0.2) is 0 Å². The molecular weight excluding hydrogens is 327 g/mol. The van der Waals surface area contributed by atoms with Crippen LogP contribution in [0.25, 0.3) is 0 Å². The fraction of sp³-hybridized carbons (Fsp3) is 0.909. The highest BCUT2D eigenvalue weighted by molar-refractivity contribution is 7.09. The van der Waals surface area contributed by atoms with Crippen LogP contribution in [0.15, 0.2) is 11.6 Å². The van der Waals surface area contributed by atoms with Crippen molar-refractivity contribution in [3.05, 3.63) is 11.6 Å². The lowest BCUT2D eigenvalue weighted by molar-refractivity contribution is -0.159. The third-order valence-electron chi connectivity index (χ3n) is 9.20. The maximum absolute atomic E-state index is 10.7. The Kier molecular flexibility index (Phi) is 4.66. The fourth-order valence-electron chi connectivity index (χ4n) is 7.99. The Bertz CT molecular complexity index is 556. The first-order valence-corrected chi connectivity index (χ1v) is 11.0. The van der Waals surface area contributed by atoms with Crippen molar-refractivity contribution in [2.24, 2.45) is 34.5 Å². The molecule has 0 aromatic heterocycles. The number of allylic oxidation sites excluding steroid dienone is 2. The highest BCUT2D eigenvalue weighted by Gasteiger charge is 2.61. The molecule has 0 radical (unpaired) electrons. The Balaban J connectivity index is 1.66. The van der Waals surface area contributed by atoms with Crippen LogP contribution in [-0.2, 0) is 4.52 Å². The molecular formula is C22H37O2P. The molecule has 2 nitrogen and oxygen atoms in total. The molecule has 4 saturated carbocycles. The first kappa shape index (κ1) is 18.5. The van der Waals surface area contributed by atoms with Gasteiger partial charge in [-0.2, -0.15) is 0 Å². The predicted molar refractivity (Wildman–Crippen MR) is 106 cm³/mol. The maximum Gasteiger partial charge on any atom is 0.0622 e.